The van der Waals surface area contributed by atoms with Crippen molar-refractivity contribution < 1.29 is 9.53 Å². The molecule has 142 valence electrons. The van der Waals surface area contributed by atoms with Crippen molar-refractivity contribution in [1.29, 1.82) is 0 Å². The van der Waals surface area contributed by atoms with Crippen molar-refractivity contribution >= 4 is 17.2 Å². The standard InChI is InChI=1S/C21H30N2O2S/c1-6-17(5)23(21(24)10-15(2)3)12-18-14-26-20(22-18)13-25-19-9-7-8-16(4)11-19/h7-9,11,14-15,17H,6,10,12-13H2,1-5H3/t17-/m0/s1. The van der Waals surface area contributed by atoms with Crippen molar-refractivity contribution in [3.05, 3.63) is 45.9 Å². The fourth-order valence-corrected chi connectivity index (χ4v) is 3.39. The number of carbonyl (C=O) groups excluding carboxylic acids is 1. The molecular weight excluding hydrogens is 344 g/mol. The molecule has 0 radical (unpaired) electrons. The second-order valence-electron chi connectivity index (χ2n) is 7.21. The lowest BCUT2D eigenvalue weighted by Crippen LogP contribution is -2.38. The first-order valence-electron chi connectivity index (χ1n) is 9.31. The highest BCUT2D eigenvalue weighted by Gasteiger charge is 2.21. The molecule has 2 aromatic rings. The lowest BCUT2D eigenvalue weighted by atomic mass is 10.1. The molecular formula is C21H30N2O2S. The van der Waals surface area contributed by atoms with Crippen LogP contribution in [-0.4, -0.2) is 21.8 Å². The fourth-order valence-electron chi connectivity index (χ4n) is 2.69. The van der Waals surface area contributed by atoms with Gasteiger partial charge in [0.15, 0.2) is 0 Å². The van der Waals surface area contributed by atoms with Crippen LogP contribution in [0.25, 0.3) is 0 Å². The first-order chi connectivity index (χ1) is 12.4. The number of amides is 1. The molecule has 0 saturated heterocycles. The van der Waals surface area contributed by atoms with E-state index in [1.54, 1.807) is 11.3 Å². The van der Waals surface area contributed by atoms with E-state index in [4.69, 9.17) is 4.74 Å². The van der Waals surface area contributed by atoms with Crippen LogP contribution in [0.2, 0.25) is 0 Å². The van der Waals surface area contributed by atoms with Crippen molar-refractivity contribution in [2.45, 2.75) is 66.7 Å². The van der Waals surface area contributed by atoms with Crippen LogP contribution in [0.1, 0.15) is 56.8 Å². The summed E-state index contributed by atoms with van der Waals surface area (Å²) < 4.78 is 5.83. The monoisotopic (exact) mass is 374 g/mol. The number of rotatable bonds is 9. The van der Waals surface area contributed by atoms with E-state index in [0.717, 1.165) is 22.9 Å². The van der Waals surface area contributed by atoms with Crippen LogP contribution in [0.3, 0.4) is 0 Å². The zero-order valence-electron chi connectivity index (χ0n) is 16.5. The van der Waals surface area contributed by atoms with E-state index in [1.807, 2.05) is 41.5 Å². The van der Waals surface area contributed by atoms with E-state index in [0.29, 0.717) is 25.5 Å². The van der Waals surface area contributed by atoms with E-state index in [1.165, 1.54) is 5.56 Å². The van der Waals surface area contributed by atoms with Gasteiger partial charge in [-0.2, -0.15) is 0 Å². The number of benzene rings is 1. The van der Waals surface area contributed by atoms with Crippen LogP contribution < -0.4 is 4.74 Å². The Balaban J connectivity index is 1.99. The molecule has 0 N–H and O–H groups in total. The molecule has 5 heteroatoms. The molecule has 1 amide bonds. The zero-order chi connectivity index (χ0) is 19.1. The summed E-state index contributed by atoms with van der Waals surface area (Å²) in [4.78, 5) is 19.2. The Kier molecular flexibility index (Phi) is 7.64. The molecule has 1 atom stereocenters. The van der Waals surface area contributed by atoms with Gasteiger partial charge in [0.1, 0.15) is 17.4 Å². The summed E-state index contributed by atoms with van der Waals surface area (Å²) in [7, 11) is 0. The molecule has 26 heavy (non-hydrogen) atoms. The van der Waals surface area contributed by atoms with Gasteiger partial charge in [-0.05, 0) is 43.9 Å². The molecule has 0 aliphatic rings. The van der Waals surface area contributed by atoms with Gasteiger partial charge in [0.05, 0.1) is 12.2 Å². The second-order valence-corrected chi connectivity index (χ2v) is 8.16. The summed E-state index contributed by atoms with van der Waals surface area (Å²) in [5, 5.41) is 2.97. The summed E-state index contributed by atoms with van der Waals surface area (Å²) in [5.41, 5.74) is 2.12. The van der Waals surface area contributed by atoms with E-state index in [-0.39, 0.29) is 11.9 Å². The lowest BCUT2D eigenvalue weighted by molar-refractivity contribution is -0.134. The first kappa shape index (κ1) is 20.4. The average molecular weight is 375 g/mol. The Hall–Kier alpha value is -1.88. The van der Waals surface area contributed by atoms with Crippen molar-refractivity contribution in [2.24, 2.45) is 5.92 Å². The van der Waals surface area contributed by atoms with E-state index in [9.17, 15) is 4.79 Å². The highest BCUT2D eigenvalue weighted by Crippen LogP contribution is 2.19. The molecule has 0 aliphatic heterocycles. The van der Waals surface area contributed by atoms with Gasteiger partial charge >= 0.3 is 0 Å². The molecule has 2 rings (SSSR count). The number of aromatic nitrogens is 1. The number of ether oxygens (including phenoxy) is 1. The van der Waals surface area contributed by atoms with E-state index < -0.39 is 0 Å². The number of thiazole rings is 1. The smallest absolute Gasteiger partial charge is 0.223 e. The first-order valence-corrected chi connectivity index (χ1v) is 10.2. The molecule has 4 nitrogen and oxygen atoms in total. The van der Waals surface area contributed by atoms with Gasteiger partial charge in [0.25, 0.3) is 0 Å². The maximum absolute atomic E-state index is 12.6. The van der Waals surface area contributed by atoms with Gasteiger partial charge < -0.3 is 9.64 Å². The Morgan fingerprint density at radius 1 is 1.31 bits per heavy atom. The van der Waals surface area contributed by atoms with Crippen LogP contribution >= 0.6 is 11.3 Å². The minimum Gasteiger partial charge on any atom is -0.486 e. The van der Waals surface area contributed by atoms with E-state index in [2.05, 4.69) is 32.7 Å². The third-order valence-electron chi connectivity index (χ3n) is 4.31. The van der Waals surface area contributed by atoms with Crippen LogP contribution in [0.5, 0.6) is 5.75 Å². The molecule has 0 fully saturated rings. The zero-order valence-corrected chi connectivity index (χ0v) is 17.3. The second kappa shape index (κ2) is 9.72. The summed E-state index contributed by atoms with van der Waals surface area (Å²) in [5.74, 6) is 1.43. The number of nitrogens with zero attached hydrogens (tertiary/aromatic N) is 2. The van der Waals surface area contributed by atoms with Crippen LogP contribution in [-0.2, 0) is 17.9 Å². The van der Waals surface area contributed by atoms with Crippen molar-refractivity contribution in [3.63, 3.8) is 0 Å². The molecule has 0 bridgehead atoms. The third-order valence-corrected chi connectivity index (χ3v) is 5.18. The number of aryl methyl sites for hydroxylation is 1. The van der Waals surface area contributed by atoms with Crippen LogP contribution in [0.4, 0.5) is 0 Å². The molecule has 0 aliphatic carbocycles. The SMILES string of the molecule is CC[C@H](C)N(Cc1csc(COc2cccc(C)c2)n1)C(=O)CC(C)C. The molecule has 1 heterocycles. The summed E-state index contributed by atoms with van der Waals surface area (Å²) in [6.45, 7) is 11.5. The minimum absolute atomic E-state index is 0.208. The van der Waals surface area contributed by atoms with Crippen molar-refractivity contribution in [3.8, 4) is 5.75 Å². The van der Waals surface area contributed by atoms with Gasteiger partial charge in [-0.25, -0.2) is 4.98 Å². The largest absolute Gasteiger partial charge is 0.486 e. The normalized spacial score (nSPS) is 12.2. The van der Waals surface area contributed by atoms with Gasteiger partial charge in [-0.3, -0.25) is 4.79 Å². The number of carbonyl (C=O) groups is 1. The Morgan fingerprint density at radius 2 is 2.08 bits per heavy atom. The van der Waals surface area contributed by atoms with Gasteiger partial charge in [-0.1, -0.05) is 32.9 Å². The van der Waals surface area contributed by atoms with Crippen molar-refractivity contribution in [1.82, 2.24) is 9.88 Å². The predicted octanol–water partition coefficient (Wildman–Crippen LogP) is 5.20. The van der Waals surface area contributed by atoms with E-state index >= 15 is 0 Å². The average Bonchev–Trinajstić information content (AvgIpc) is 3.04. The number of hydrogen-bond acceptors (Lipinski definition) is 4. The molecule has 1 aromatic carbocycles. The lowest BCUT2D eigenvalue weighted by Gasteiger charge is -2.28. The molecule has 0 saturated carbocycles. The Labute approximate surface area is 161 Å². The van der Waals surface area contributed by atoms with Crippen LogP contribution in [0, 0.1) is 12.8 Å². The molecule has 1 aromatic heterocycles. The Morgan fingerprint density at radius 3 is 2.73 bits per heavy atom. The highest BCUT2D eigenvalue weighted by molar-refractivity contribution is 7.09. The predicted molar refractivity (Wildman–Crippen MR) is 107 cm³/mol. The minimum atomic E-state index is 0.208. The molecule has 0 unspecified atom stereocenters. The summed E-state index contributed by atoms with van der Waals surface area (Å²) >= 11 is 1.59. The topological polar surface area (TPSA) is 42.4 Å². The molecule has 0 spiro atoms. The maximum atomic E-state index is 12.6. The maximum Gasteiger partial charge on any atom is 0.223 e. The summed E-state index contributed by atoms with van der Waals surface area (Å²) in [6, 6.07) is 8.23. The Bertz CT molecular complexity index is 712. The van der Waals surface area contributed by atoms with Crippen LogP contribution in [0.15, 0.2) is 29.6 Å². The highest BCUT2D eigenvalue weighted by atomic mass is 32.1. The quantitative estimate of drug-likeness (QED) is 0.605. The van der Waals surface area contributed by atoms with Gasteiger partial charge in [0, 0.05) is 17.8 Å². The third kappa shape index (κ3) is 6.13. The summed E-state index contributed by atoms with van der Waals surface area (Å²) in [6.07, 6.45) is 1.52. The van der Waals surface area contributed by atoms with Gasteiger partial charge in [0.2, 0.25) is 5.91 Å². The van der Waals surface area contributed by atoms with Gasteiger partial charge in [-0.15, -0.1) is 11.3 Å². The number of hydrogen-bond donors (Lipinski definition) is 0. The fraction of sp³-hybridized carbons (Fsp3) is 0.524. The van der Waals surface area contributed by atoms with Crippen molar-refractivity contribution in [2.75, 3.05) is 0 Å².